The van der Waals surface area contributed by atoms with Gasteiger partial charge in [-0.3, -0.25) is 19.6 Å². The summed E-state index contributed by atoms with van der Waals surface area (Å²) in [4.78, 5) is 42.8. The van der Waals surface area contributed by atoms with Gasteiger partial charge in [-0.2, -0.15) is 0 Å². The number of rotatable bonds is 13. The van der Waals surface area contributed by atoms with E-state index in [2.05, 4.69) is 25.8 Å². The number of aromatic nitrogens is 1. The first-order valence-electron chi connectivity index (χ1n) is 14.1. The monoisotopic (exact) mass is 553 g/mol. The van der Waals surface area contributed by atoms with Crippen LogP contribution in [0, 0.1) is 11.8 Å². The molecule has 1 aliphatic carbocycles. The fraction of sp³-hybridized carbons (Fsp3) is 0.533. The van der Waals surface area contributed by atoms with Gasteiger partial charge in [0.2, 0.25) is 5.91 Å². The van der Waals surface area contributed by atoms with E-state index < -0.39 is 30.2 Å². The van der Waals surface area contributed by atoms with Gasteiger partial charge in [0.25, 0.3) is 5.91 Å². The number of benzene rings is 1. The van der Waals surface area contributed by atoms with Crippen LogP contribution in [0.1, 0.15) is 62.0 Å². The highest BCUT2D eigenvalue weighted by Gasteiger charge is 2.31. The van der Waals surface area contributed by atoms with Crippen molar-refractivity contribution < 1.29 is 24.2 Å². The van der Waals surface area contributed by atoms with Crippen molar-refractivity contribution in [1.82, 2.24) is 26.1 Å². The number of amides is 3. The minimum atomic E-state index is -1.12. The molecule has 3 atom stereocenters. The van der Waals surface area contributed by atoms with E-state index in [1.54, 1.807) is 24.4 Å². The summed E-state index contributed by atoms with van der Waals surface area (Å²) in [6, 6.07) is 13.0. The predicted octanol–water partition coefficient (Wildman–Crippen LogP) is 3.08. The molecule has 3 rings (SSSR count). The van der Waals surface area contributed by atoms with Crippen LogP contribution in [0.2, 0.25) is 0 Å². The number of aliphatic hydroxyl groups is 1. The number of nitrogens with zero attached hydrogens (tertiary/aromatic N) is 2. The Morgan fingerprint density at radius 2 is 1.73 bits per heavy atom. The van der Waals surface area contributed by atoms with E-state index in [9.17, 15) is 19.5 Å². The number of hydrogen-bond acceptors (Lipinski definition) is 7. The second kappa shape index (κ2) is 15.9. The second-order valence-corrected chi connectivity index (χ2v) is 10.7. The molecule has 2 aromatic rings. The van der Waals surface area contributed by atoms with Crippen LogP contribution in [0.25, 0.3) is 0 Å². The standard InChI is InChI=1S/C30H43N5O5/c1-21(2)27(34-30(39)40-3)28(37)33-25(18-22-12-6-4-7-13-22)26(36)20-35(29(38)24-16-10-11-17-31-24)32-19-23-14-8-5-9-15-23/h4,6-7,10-13,16-17,21,23,25-27,32,36H,5,8-9,14-15,18-20H2,1-3H3,(H,33,37)(H,34,39)/t25-,26-,27-/m0/s1. The number of carbonyl (C=O) groups is 3. The Bertz CT molecular complexity index is 1060. The zero-order valence-corrected chi connectivity index (χ0v) is 23.7. The minimum Gasteiger partial charge on any atom is -0.453 e. The molecule has 0 aliphatic heterocycles. The number of hydrazine groups is 1. The predicted molar refractivity (Wildman–Crippen MR) is 152 cm³/mol. The SMILES string of the molecule is COC(=O)N[C@H](C(=O)N[C@@H](Cc1ccccc1)[C@@H](O)CN(NCC1CCCCC1)C(=O)c1ccccn1)C(C)C. The largest absolute Gasteiger partial charge is 0.453 e. The van der Waals surface area contributed by atoms with Crippen LogP contribution in [0.15, 0.2) is 54.7 Å². The number of carbonyl (C=O) groups excluding carboxylic acids is 3. The van der Waals surface area contributed by atoms with Gasteiger partial charge >= 0.3 is 6.09 Å². The first kappa shape index (κ1) is 31.0. The van der Waals surface area contributed by atoms with E-state index >= 15 is 0 Å². The summed E-state index contributed by atoms with van der Waals surface area (Å²) in [5, 5.41) is 18.4. The molecular formula is C30H43N5O5. The normalized spacial score (nSPS) is 16.0. The molecule has 0 spiro atoms. The number of methoxy groups -OCH3 is 1. The molecule has 3 amide bonds. The van der Waals surface area contributed by atoms with Crippen LogP contribution in [-0.2, 0) is 16.0 Å². The number of ether oxygens (including phenoxy) is 1. The third-order valence-electron chi connectivity index (χ3n) is 7.29. The topological polar surface area (TPSA) is 133 Å². The molecule has 0 unspecified atom stereocenters. The summed E-state index contributed by atoms with van der Waals surface area (Å²) in [5.74, 6) is -0.584. The molecule has 1 aromatic heterocycles. The lowest BCUT2D eigenvalue weighted by Gasteiger charge is -2.33. The summed E-state index contributed by atoms with van der Waals surface area (Å²) in [5.41, 5.74) is 4.43. The fourth-order valence-electron chi connectivity index (χ4n) is 4.94. The third kappa shape index (κ3) is 9.60. The van der Waals surface area contributed by atoms with Crippen molar-refractivity contribution in [3.8, 4) is 0 Å². The van der Waals surface area contributed by atoms with Crippen molar-refractivity contribution in [3.63, 3.8) is 0 Å². The lowest BCUT2D eigenvalue weighted by molar-refractivity contribution is -0.125. The highest BCUT2D eigenvalue weighted by molar-refractivity contribution is 5.92. The van der Waals surface area contributed by atoms with Crippen molar-refractivity contribution in [2.75, 3.05) is 20.2 Å². The molecule has 10 nitrogen and oxygen atoms in total. The number of pyridine rings is 1. The van der Waals surface area contributed by atoms with Gasteiger partial charge in [0.05, 0.1) is 25.8 Å². The maximum absolute atomic E-state index is 13.4. The summed E-state index contributed by atoms with van der Waals surface area (Å²) in [6.07, 6.45) is 5.81. The minimum absolute atomic E-state index is 0.0727. The van der Waals surface area contributed by atoms with E-state index in [4.69, 9.17) is 0 Å². The Morgan fingerprint density at radius 1 is 1.02 bits per heavy atom. The van der Waals surface area contributed by atoms with Crippen molar-refractivity contribution in [2.45, 2.75) is 70.6 Å². The maximum Gasteiger partial charge on any atom is 0.407 e. The van der Waals surface area contributed by atoms with Crippen LogP contribution in [0.3, 0.4) is 0 Å². The number of hydrogen-bond donors (Lipinski definition) is 4. The van der Waals surface area contributed by atoms with Crippen LogP contribution in [0.4, 0.5) is 4.79 Å². The van der Waals surface area contributed by atoms with Crippen molar-refractivity contribution in [2.24, 2.45) is 11.8 Å². The lowest BCUT2D eigenvalue weighted by atomic mass is 9.89. The molecule has 4 N–H and O–H groups in total. The summed E-state index contributed by atoms with van der Waals surface area (Å²) in [6.45, 7) is 4.16. The van der Waals surface area contributed by atoms with Gasteiger partial charge in [0.1, 0.15) is 11.7 Å². The van der Waals surface area contributed by atoms with Crippen LogP contribution in [-0.4, -0.2) is 71.4 Å². The van der Waals surface area contributed by atoms with Crippen LogP contribution in [0.5, 0.6) is 0 Å². The molecule has 10 heteroatoms. The van der Waals surface area contributed by atoms with Gasteiger partial charge in [0.15, 0.2) is 0 Å². The van der Waals surface area contributed by atoms with Crippen molar-refractivity contribution >= 4 is 17.9 Å². The molecule has 218 valence electrons. The molecule has 0 bridgehead atoms. The fourth-order valence-corrected chi connectivity index (χ4v) is 4.94. The molecule has 1 aromatic carbocycles. The highest BCUT2D eigenvalue weighted by Crippen LogP contribution is 2.23. The van der Waals surface area contributed by atoms with E-state index in [1.807, 2.05) is 44.2 Å². The van der Waals surface area contributed by atoms with Crippen LogP contribution >= 0.6 is 0 Å². The smallest absolute Gasteiger partial charge is 0.407 e. The summed E-state index contributed by atoms with van der Waals surface area (Å²) >= 11 is 0. The average molecular weight is 554 g/mol. The Morgan fingerprint density at radius 3 is 2.35 bits per heavy atom. The van der Waals surface area contributed by atoms with Gasteiger partial charge in [-0.15, -0.1) is 0 Å². The average Bonchev–Trinajstić information content (AvgIpc) is 2.98. The van der Waals surface area contributed by atoms with E-state index in [1.165, 1.54) is 31.4 Å². The number of alkyl carbamates (subject to hydrolysis) is 1. The molecule has 1 saturated carbocycles. The number of aliphatic hydroxyl groups excluding tert-OH is 1. The summed E-state index contributed by atoms with van der Waals surface area (Å²) < 4.78 is 4.69. The molecule has 1 fully saturated rings. The highest BCUT2D eigenvalue weighted by atomic mass is 16.5. The molecule has 1 aliphatic rings. The Hall–Kier alpha value is -3.50. The van der Waals surface area contributed by atoms with Gasteiger partial charge in [-0.1, -0.05) is 69.5 Å². The zero-order valence-electron chi connectivity index (χ0n) is 23.7. The zero-order chi connectivity index (χ0) is 28.9. The Balaban J connectivity index is 1.80. The Labute approximate surface area is 236 Å². The lowest BCUT2D eigenvalue weighted by Crippen LogP contribution is -2.58. The van der Waals surface area contributed by atoms with Crippen molar-refractivity contribution in [1.29, 1.82) is 0 Å². The first-order chi connectivity index (χ1) is 19.3. The molecule has 0 saturated heterocycles. The maximum atomic E-state index is 13.4. The van der Waals surface area contributed by atoms with Crippen molar-refractivity contribution in [3.05, 3.63) is 66.0 Å². The van der Waals surface area contributed by atoms with Gasteiger partial charge < -0.3 is 20.5 Å². The summed E-state index contributed by atoms with van der Waals surface area (Å²) in [7, 11) is 1.24. The van der Waals surface area contributed by atoms with Gasteiger partial charge in [-0.05, 0) is 48.8 Å². The molecule has 0 radical (unpaired) electrons. The second-order valence-electron chi connectivity index (χ2n) is 10.7. The van der Waals surface area contributed by atoms with E-state index in [0.29, 0.717) is 18.9 Å². The number of nitrogens with one attached hydrogen (secondary N) is 3. The first-order valence-corrected chi connectivity index (χ1v) is 14.1. The van der Waals surface area contributed by atoms with Crippen LogP contribution < -0.4 is 16.1 Å². The van der Waals surface area contributed by atoms with Gasteiger partial charge in [-0.25, -0.2) is 10.2 Å². The molecule has 1 heterocycles. The quantitative estimate of drug-likeness (QED) is 0.280. The molecular weight excluding hydrogens is 510 g/mol. The third-order valence-corrected chi connectivity index (χ3v) is 7.29. The molecule has 40 heavy (non-hydrogen) atoms. The van der Waals surface area contributed by atoms with Gasteiger partial charge in [0, 0.05) is 12.7 Å². The van der Waals surface area contributed by atoms with E-state index in [0.717, 1.165) is 18.4 Å². The van der Waals surface area contributed by atoms with E-state index in [-0.39, 0.29) is 24.1 Å². The Kier molecular flexibility index (Phi) is 12.4.